The number of carbonyl (C=O) groups is 1. The standard InChI is InChI=1S/C13H16F2N2O2/c1-4-12(18)17-16-8(3)13-10(15)6-9(14)7-11(13)19-5-2/h6-7H,4-5H2,1-3H3,(H,17,18)/b16-8+. The highest BCUT2D eigenvalue weighted by atomic mass is 19.1. The van der Waals surface area contributed by atoms with Crippen LogP contribution in [-0.2, 0) is 4.79 Å². The molecule has 1 aromatic rings. The van der Waals surface area contributed by atoms with E-state index in [9.17, 15) is 13.6 Å². The molecule has 104 valence electrons. The van der Waals surface area contributed by atoms with Gasteiger partial charge in [0.05, 0.1) is 17.9 Å². The molecule has 1 rings (SSSR count). The molecular weight excluding hydrogens is 254 g/mol. The normalized spacial score (nSPS) is 11.3. The number of benzene rings is 1. The van der Waals surface area contributed by atoms with Gasteiger partial charge in [0, 0.05) is 18.6 Å². The predicted molar refractivity (Wildman–Crippen MR) is 68.2 cm³/mol. The van der Waals surface area contributed by atoms with Crippen LogP contribution in [-0.4, -0.2) is 18.2 Å². The lowest BCUT2D eigenvalue weighted by molar-refractivity contribution is -0.120. The highest BCUT2D eigenvalue weighted by Gasteiger charge is 2.15. The molecule has 0 aromatic heterocycles. The van der Waals surface area contributed by atoms with Crippen LogP contribution in [0.5, 0.6) is 5.75 Å². The maximum absolute atomic E-state index is 13.8. The third-order valence-electron chi connectivity index (χ3n) is 2.35. The van der Waals surface area contributed by atoms with Crippen molar-refractivity contribution in [1.29, 1.82) is 0 Å². The van der Waals surface area contributed by atoms with E-state index in [1.54, 1.807) is 13.8 Å². The summed E-state index contributed by atoms with van der Waals surface area (Å²) in [5.74, 6) is -1.74. The van der Waals surface area contributed by atoms with Crippen LogP contribution in [0.15, 0.2) is 17.2 Å². The van der Waals surface area contributed by atoms with Gasteiger partial charge < -0.3 is 4.74 Å². The van der Waals surface area contributed by atoms with Crippen molar-refractivity contribution < 1.29 is 18.3 Å². The minimum atomic E-state index is -0.782. The van der Waals surface area contributed by atoms with Crippen LogP contribution in [0.3, 0.4) is 0 Å². The zero-order chi connectivity index (χ0) is 14.4. The summed E-state index contributed by atoms with van der Waals surface area (Å²) in [5, 5.41) is 3.77. The molecule has 0 atom stereocenters. The molecule has 0 saturated carbocycles. The Morgan fingerprint density at radius 3 is 2.63 bits per heavy atom. The lowest BCUT2D eigenvalue weighted by Gasteiger charge is -2.11. The van der Waals surface area contributed by atoms with Gasteiger partial charge >= 0.3 is 0 Å². The number of hydrogen-bond donors (Lipinski definition) is 1. The Hall–Kier alpha value is -1.98. The Bertz CT molecular complexity index is 502. The van der Waals surface area contributed by atoms with Crippen LogP contribution in [0.2, 0.25) is 0 Å². The smallest absolute Gasteiger partial charge is 0.239 e. The lowest BCUT2D eigenvalue weighted by atomic mass is 10.1. The molecule has 1 aromatic carbocycles. The third-order valence-corrected chi connectivity index (χ3v) is 2.35. The molecule has 0 fully saturated rings. The van der Waals surface area contributed by atoms with Crippen molar-refractivity contribution in [1.82, 2.24) is 5.43 Å². The van der Waals surface area contributed by atoms with Gasteiger partial charge in [-0.15, -0.1) is 0 Å². The van der Waals surface area contributed by atoms with Crippen LogP contribution in [0, 0.1) is 11.6 Å². The molecule has 0 saturated heterocycles. The Morgan fingerprint density at radius 1 is 1.37 bits per heavy atom. The molecular formula is C13H16F2N2O2. The first-order valence-electron chi connectivity index (χ1n) is 5.94. The largest absolute Gasteiger partial charge is 0.493 e. The van der Waals surface area contributed by atoms with E-state index in [2.05, 4.69) is 10.5 Å². The van der Waals surface area contributed by atoms with E-state index in [1.165, 1.54) is 6.92 Å². The van der Waals surface area contributed by atoms with Crippen molar-refractivity contribution in [3.8, 4) is 5.75 Å². The van der Waals surface area contributed by atoms with Crippen molar-refractivity contribution in [3.05, 3.63) is 29.3 Å². The monoisotopic (exact) mass is 270 g/mol. The summed E-state index contributed by atoms with van der Waals surface area (Å²) < 4.78 is 32.1. The summed E-state index contributed by atoms with van der Waals surface area (Å²) in [6, 6.07) is 1.83. The van der Waals surface area contributed by atoms with Gasteiger partial charge in [-0.3, -0.25) is 4.79 Å². The molecule has 0 aliphatic rings. The van der Waals surface area contributed by atoms with Gasteiger partial charge in [-0.2, -0.15) is 5.10 Å². The number of amides is 1. The van der Waals surface area contributed by atoms with E-state index in [0.29, 0.717) is 0 Å². The number of rotatable bonds is 5. The Balaban J connectivity index is 3.13. The molecule has 6 heteroatoms. The Labute approximate surface area is 110 Å². The highest BCUT2D eigenvalue weighted by Crippen LogP contribution is 2.24. The minimum Gasteiger partial charge on any atom is -0.493 e. The van der Waals surface area contributed by atoms with Crippen molar-refractivity contribution in [3.63, 3.8) is 0 Å². The van der Waals surface area contributed by atoms with Gasteiger partial charge in [-0.05, 0) is 13.8 Å². The zero-order valence-electron chi connectivity index (χ0n) is 11.1. The number of nitrogens with zero attached hydrogens (tertiary/aromatic N) is 1. The number of halogens is 2. The summed E-state index contributed by atoms with van der Waals surface area (Å²) in [7, 11) is 0. The molecule has 4 nitrogen and oxygen atoms in total. The SMILES string of the molecule is CCOc1cc(F)cc(F)c1/C(C)=N/NC(=O)CC. The van der Waals surface area contributed by atoms with E-state index in [0.717, 1.165) is 12.1 Å². The van der Waals surface area contributed by atoms with Crippen molar-refractivity contribution >= 4 is 11.6 Å². The number of hydrazone groups is 1. The fourth-order valence-corrected chi connectivity index (χ4v) is 1.45. The maximum Gasteiger partial charge on any atom is 0.239 e. The topological polar surface area (TPSA) is 50.7 Å². The van der Waals surface area contributed by atoms with E-state index in [-0.39, 0.29) is 36.0 Å². The molecule has 0 spiro atoms. The fourth-order valence-electron chi connectivity index (χ4n) is 1.45. The van der Waals surface area contributed by atoms with Crippen LogP contribution in [0.1, 0.15) is 32.8 Å². The average molecular weight is 270 g/mol. The second-order valence-corrected chi connectivity index (χ2v) is 3.78. The molecule has 0 radical (unpaired) electrons. The minimum absolute atomic E-state index is 0.0413. The van der Waals surface area contributed by atoms with E-state index in [1.807, 2.05) is 0 Å². The molecule has 19 heavy (non-hydrogen) atoms. The summed E-state index contributed by atoms with van der Waals surface area (Å²) >= 11 is 0. The predicted octanol–water partition coefficient (Wildman–Crippen LogP) is 2.61. The molecule has 0 unspecified atom stereocenters. The molecule has 0 heterocycles. The van der Waals surface area contributed by atoms with Crippen molar-refractivity contribution in [2.75, 3.05) is 6.61 Å². The molecule has 0 aliphatic heterocycles. The molecule has 1 amide bonds. The average Bonchev–Trinajstić information content (AvgIpc) is 2.35. The number of ether oxygens (including phenoxy) is 1. The Kier molecular flexibility index (Phi) is 5.41. The highest BCUT2D eigenvalue weighted by molar-refractivity contribution is 6.01. The first kappa shape index (κ1) is 15.1. The second-order valence-electron chi connectivity index (χ2n) is 3.78. The number of hydrogen-bond acceptors (Lipinski definition) is 3. The van der Waals surface area contributed by atoms with E-state index >= 15 is 0 Å². The molecule has 1 N–H and O–H groups in total. The van der Waals surface area contributed by atoms with Crippen LogP contribution < -0.4 is 10.2 Å². The summed E-state index contributed by atoms with van der Waals surface area (Å²) in [6.45, 7) is 5.15. The van der Waals surface area contributed by atoms with Crippen LogP contribution in [0.4, 0.5) is 8.78 Å². The second kappa shape index (κ2) is 6.82. The maximum atomic E-state index is 13.8. The van der Waals surface area contributed by atoms with Crippen molar-refractivity contribution in [2.24, 2.45) is 5.10 Å². The van der Waals surface area contributed by atoms with Crippen LogP contribution >= 0.6 is 0 Å². The zero-order valence-corrected chi connectivity index (χ0v) is 11.1. The first-order chi connectivity index (χ1) is 8.99. The van der Waals surface area contributed by atoms with Crippen molar-refractivity contribution in [2.45, 2.75) is 27.2 Å². The number of nitrogens with one attached hydrogen (secondary N) is 1. The van der Waals surface area contributed by atoms with Gasteiger partial charge in [-0.25, -0.2) is 14.2 Å². The summed E-state index contributed by atoms with van der Waals surface area (Å²) in [5.41, 5.74) is 2.53. The quantitative estimate of drug-likeness (QED) is 0.660. The summed E-state index contributed by atoms with van der Waals surface area (Å²) in [6.07, 6.45) is 0.265. The van der Waals surface area contributed by atoms with Gasteiger partial charge in [0.25, 0.3) is 0 Å². The Morgan fingerprint density at radius 2 is 2.05 bits per heavy atom. The number of carbonyl (C=O) groups excluding carboxylic acids is 1. The fraction of sp³-hybridized carbons (Fsp3) is 0.385. The van der Waals surface area contributed by atoms with Gasteiger partial charge in [-0.1, -0.05) is 6.92 Å². The first-order valence-corrected chi connectivity index (χ1v) is 5.94. The van der Waals surface area contributed by atoms with E-state index in [4.69, 9.17) is 4.74 Å². The van der Waals surface area contributed by atoms with Crippen LogP contribution in [0.25, 0.3) is 0 Å². The molecule has 0 bridgehead atoms. The van der Waals surface area contributed by atoms with E-state index < -0.39 is 11.6 Å². The summed E-state index contributed by atoms with van der Waals surface area (Å²) in [4.78, 5) is 11.1. The third kappa shape index (κ3) is 4.01. The lowest BCUT2D eigenvalue weighted by Crippen LogP contribution is -2.18. The molecule has 0 aliphatic carbocycles. The van der Waals surface area contributed by atoms with Gasteiger partial charge in [0.2, 0.25) is 5.91 Å². The van der Waals surface area contributed by atoms with Gasteiger partial charge in [0.1, 0.15) is 17.4 Å². The van der Waals surface area contributed by atoms with Gasteiger partial charge in [0.15, 0.2) is 0 Å².